The number of nitrogens with one attached hydrogen (secondary N) is 1. The molecule has 5 nitrogen and oxygen atoms in total. The fourth-order valence-corrected chi connectivity index (χ4v) is 1.02. The number of hydrogen-bond donors (Lipinski definition) is 2. The molecule has 0 unspecified atom stereocenters. The summed E-state index contributed by atoms with van der Waals surface area (Å²) in [5.74, 6) is -0.984. The molecule has 0 saturated heterocycles. The molecule has 0 heterocycles. The zero-order chi connectivity index (χ0) is 15.4. The first-order valence-corrected chi connectivity index (χ1v) is 6.31. The standard InChI is InChI=1S/C10H20N2O.C4H6O2/c1-5-12(6-2)8-7-11-10(13)9(3)4;1-3(2)4(5)6/h3,5-8H2,1-2,4H3,(H,11,13);1H2,2H3,(H,5,6). The number of carboxylic acid groups (broad SMARTS) is 1. The van der Waals surface area contributed by atoms with Crippen LogP contribution in [0.3, 0.4) is 0 Å². The minimum Gasteiger partial charge on any atom is -0.478 e. The van der Waals surface area contributed by atoms with Gasteiger partial charge in [-0.25, -0.2) is 4.79 Å². The van der Waals surface area contributed by atoms with Gasteiger partial charge in [0.1, 0.15) is 0 Å². The zero-order valence-corrected chi connectivity index (χ0v) is 12.5. The van der Waals surface area contributed by atoms with Gasteiger partial charge < -0.3 is 15.3 Å². The van der Waals surface area contributed by atoms with Crippen LogP contribution in [0.5, 0.6) is 0 Å². The lowest BCUT2D eigenvalue weighted by atomic mass is 10.3. The van der Waals surface area contributed by atoms with Crippen molar-refractivity contribution in [1.82, 2.24) is 10.2 Å². The maximum atomic E-state index is 11.1. The Kier molecular flexibility index (Phi) is 11.9. The van der Waals surface area contributed by atoms with E-state index < -0.39 is 5.97 Å². The molecule has 0 spiro atoms. The SMILES string of the molecule is C=C(C)C(=O)NCCN(CC)CC.C=C(C)C(=O)O. The largest absolute Gasteiger partial charge is 0.478 e. The molecule has 0 bridgehead atoms. The number of nitrogens with zero attached hydrogens (tertiary/aromatic N) is 1. The van der Waals surface area contributed by atoms with E-state index in [4.69, 9.17) is 5.11 Å². The molecule has 0 atom stereocenters. The summed E-state index contributed by atoms with van der Waals surface area (Å²) < 4.78 is 0. The lowest BCUT2D eigenvalue weighted by Crippen LogP contribution is -2.34. The second-order valence-electron chi connectivity index (χ2n) is 4.15. The highest BCUT2D eigenvalue weighted by molar-refractivity contribution is 5.92. The summed E-state index contributed by atoms with van der Waals surface area (Å²) in [6.07, 6.45) is 0. The van der Waals surface area contributed by atoms with Gasteiger partial charge in [-0.3, -0.25) is 4.79 Å². The van der Waals surface area contributed by atoms with Crippen LogP contribution in [-0.2, 0) is 9.59 Å². The number of rotatable bonds is 7. The van der Waals surface area contributed by atoms with Crippen molar-refractivity contribution < 1.29 is 14.7 Å². The van der Waals surface area contributed by atoms with Crippen LogP contribution in [0.15, 0.2) is 24.3 Å². The average Bonchev–Trinajstić information content (AvgIpc) is 2.34. The first kappa shape index (κ1) is 19.7. The highest BCUT2D eigenvalue weighted by atomic mass is 16.4. The second kappa shape index (κ2) is 11.5. The van der Waals surface area contributed by atoms with E-state index in [9.17, 15) is 9.59 Å². The molecule has 110 valence electrons. The minimum atomic E-state index is -0.935. The Morgan fingerprint density at radius 1 is 1.11 bits per heavy atom. The van der Waals surface area contributed by atoms with Gasteiger partial charge in [0.2, 0.25) is 5.91 Å². The van der Waals surface area contributed by atoms with E-state index in [1.165, 1.54) is 6.92 Å². The molecule has 5 heteroatoms. The van der Waals surface area contributed by atoms with Crippen molar-refractivity contribution in [3.8, 4) is 0 Å². The van der Waals surface area contributed by atoms with Crippen LogP contribution >= 0.6 is 0 Å². The van der Waals surface area contributed by atoms with Crippen molar-refractivity contribution in [2.75, 3.05) is 26.2 Å². The molecule has 0 aliphatic rings. The van der Waals surface area contributed by atoms with Crippen LogP contribution in [0.4, 0.5) is 0 Å². The van der Waals surface area contributed by atoms with E-state index >= 15 is 0 Å². The number of hydrogen-bond acceptors (Lipinski definition) is 3. The van der Waals surface area contributed by atoms with Crippen LogP contribution in [0, 0.1) is 0 Å². The third-order valence-corrected chi connectivity index (χ3v) is 2.36. The van der Waals surface area contributed by atoms with Crippen molar-refractivity contribution in [2.24, 2.45) is 0 Å². The molecule has 2 N–H and O–H groups in total. The predicted molar refractivity (Wildman–Crippen MR) is 78.1 cm³/mol. The van der Waals surface area contributed by atoms with Crippen LogP contribution in [0.2, 0.25) is 0 Å². The van der Waals surface area contributed by atoms with Gasteiger partial charge in [-0.2, -0.15) is 0 Å². The number of likely N-dealkylation sites (N-methyl/N-ethyl adjacent to an activating group) is 1. The van der Waals surface area contributed by atoms with E-state index in [1.807, 2.05) is 0 Å². The number of carbonyl (C=O) groups excluding carboxylic acids is 1. The Labute approximate surface area is 116 Å². The van der Waals surface area contributed by atoms with Gasteiger partial charge in [0.05, 0.1) is 0 Å². The zero-order valence-electron chi connectivity index (χ0n) is 12.5. The first-order valence-electron chi connectivity index (χ1n) is 6.31. The van der Waals surface area contributed by atoms with Gasteiger partial charge in [-0.05, 0) is 26.9 Å². The minimum absolute atomic E-state index is 0.0489. The third kappa shape index (κ3) is 12.6. The number of aliphatic carboxylic acids is 1. The lowest BCUT2D eigenvalue weighted by molar-refractivity contribution is -0.132. The third-order valence-electron chi connectivity index (χ3n) is 2.36. The molecular formula is C14H26N2O3. The fraction of sp³-hybridized carbons (Fsp3) is 0.571. The summed E-state index contributed by atoms with van der Waals surface area (Å²) in [5, 5.41) is 10.7. The molecule has 0 aromatic heterocycles. The summed E-state index contributed by atoms with van der Waals surface area (Å²) in [4.78, 5) is 22.9. The summed E-state index contributed by atoms with van der Waals surface area (Å²) >= 11 is 0. The Morgan fingerprint density at radius 3 is 1.79 bits per heavy atom. The first-order chi connectivity index (χ1) is 8.76. The lowest BCUT2D eigenvalue weighted by Gasteiger charge is -2.17. The van der Waals surface area contributed by atoms with E-state index in [0.29, 0.717) is 12.1 Å². The maximum absolute atomic E-state index is 11.1. The normalized spacial score (nSPS) is 9.32. The van der Waals surface area contributed by atoms with Gasteiger partial charge in [-0.1, -0.05) is 27.0 Å². The van der Waals surface area contributed by atoms with Crippen molar-refractivity contribution >= 4 is 11.9 Å². The molecule has 0 aromatic rings. The second-order valence-corrected chi connectivity index (χ2v) is 4.15. The average molecular weight is 270 g/mol. The molecule has 0 rings (SSSR count). The van der Waals surface area contributed by atoms with Crippen molar-refractivity contribution in [3.63, 3.8) is 0 Å². The number of amides is 1. The smallest absolute Gasteiger partial charge is 0.330 e. The van der Waals surface area contributed by atoms with Gasteiger partial charge in [0, 0.05) is 24.2 Å². The molecule has 0 aliphatic carbocycles. The predicted octanol–water partition coefficient (Wildman–Crippen LogP) is 1.67. The van der Waals surface area contributed by atoms with Gasteiger partial charge in [-0.15, -0.1) is 0 Å². The molecule has 1 amide bonds. The van der Waals surface area contributed by atoms with Crippen LogP contribution in [0.1, 0.15) is 27.7 Å². The molecule has 0 aromatic carbocycles. The highest BCUT2D eigenvalue weighted by Gasteiger charge is 2.02. The van der Waals surface area contributed by atoms with Crippen LogP contribution < -0.4 is 5.32 Å². The van der Waals surface area contributed by atoms with Gasteiger partial charge in [0.15, 0.2) is 0 Å². The van der Waals surface area contributed by atoms with Gasteiger partial charge in [0.25, 0.3) is 0 Å². The number of carboxylic acids is 1. The Balaban J connectivity index is 0. The van der Waals surface area contributed by atoms with E-state index in [2.05, 4.69) is 37.2 Å². The number of carbonyl (C=O) groups is 2. The van der Waals surface area contributed by atoms with E-state index in [1.54, 1.807) is 6.92 Å². The summed E-state index contributed by atoms with van der Waals surface area (Å²) in [7, 11) is 0. The molecule has 0 fully saturated rings. The molecule has 0 radical (unpaired) electrons. The quantitative estimate of drug-likeness (QED) is 0.690. The summed E-state index contributed by atoms with van der Waals surface area (Å²) in [6.45, 7) is 17.8. The van der Waals surface area contributed by atoms with E-state index in [0.717, 1.165) is 19.6 Å². The van der Waals surface area contributed by atoms with Gasteiger partial charge >= 0.3 is 5.97 Å². The fourth-order valence-electron chi connectivity index (χ4n) is 1.02. The Hall–Kier alpha value is -1.62. The summed E-state index contributed by atoms with van der Waals surface area (Å²) in [6, 6.07) is 0. The molecule has 0 aliphatic heterocycles. The highest BCUT2D eigenvalue weighted by Crippen LogP contribution is 1.87. The van der Waals surface area contributed by atoms with Crippen molar-refractivity contribution in [3.05, 3.63) is 24.3 Å². The van der Waals surface area contributed by atoms with Crippen molar-refractivity contribution in [2.45, 2.75) is 27.7 Å². The van der Waals surface area contributed by atoms with Crippen molar-refractivity contribution in [1.29, 1.82) is 0 Å². The Bertz CT molecular complexity index is 309. The molecule has 19 heavy (non-hydrogen) atoms. The summed E-state index contributed by atoms with van der Waals surface area (Å²) in [5.41, 5.74) is 0.745. The monoisotopic (exact) mass is 270 g/mol. The topological polar surface area (TPSA) is 69.6 Å². The van der Waals surface area contributed by atoms with E-state index in [-0.39, 0.29) is 11.5 Å². The van der Waals surface area contributed by atoms with Crippen LogP contribution in [0.25, 0.3) is 0 Å². The molecular weight excluding hydrogens is 244 g/mol. The maximum Gasteiger partial charge on any atom is 0.330 e. The molecule has 0 saturated carbocycles. The van der Waals surface area contributed by atoms with Crippen LogP contribution in [-0.4, -0.2) is 48.1 Å². The Morgan fingerprint density at radius 2 is 1.53 bits per heavy atom.